The molecule has 0 radical (unpaired) electrons. The van der Waals surface area contributed by atoms with Gasteiger partial charge in [-0.05, 0) is 55.9 Å². The van der Waals surface area contributed by atoms with Crippen LogP contribution in [0.15, 0.2) is 47.5 Å². The number of methoxy groups -OCH3 is 2. The van der Waals surface area contributed by atoms with E-state index in [1.807, 2.05) is 45.4 Å². The van der Waals surface area contributed by atoms with E-state index in [1.165, 1.54) is 6.07 Å². The fraction of sp³-hybridized carbons (Fsp3) is 0.435. The van der Waals surface area contributed by atoms with Crippen LogP contribution in [-0.4, -0.2) is 71.3 Å². The average Bonchev–Trinajstić information content (AvgIpc) is 2.74. The first-order valence-corrected chi connectivity index (χ1v) is 9.94. The molecule has 1 unspecified atom stereocenters. The zero-order valence-corrected chi connectivity index (χ0v) is 21.5. The lowest BCUT2D eigenvalue weighted by molar-refractivity contribution is 0.295. The molecule has 0 aromatic heterocycles. The first kappa shape index (κ1) is 27.0. The number of guanidine groups is 1. The van der Waals surface area contributed by atoms with Gasteiger partial charge in [0.25, 0.3) is 0 Å². The molecule has 2 aromatic rings. The zero-order chi connectivity index (χ0) is 22.1. The average molecular weight is 544 g/mol. The normalized spacial score (nSPS) is 12.2. The monoisotopic (exact) mass is 544 g/mol. The molecule has 2 aromatic carbocycles. The lowest BCUT2D eigenvalue weighted by atomic mass is 10.1. The number of aliphatic imine (C=N–C) groups is 1. The second-order valence-electron chi connectivity index (χ2n) is 7.32. The Morgan fingerprint density at radius 1 is 1.06 bits per heavy atom. The van der Waals surface area contributed by atoms with Gasteiger partial charge in [-0.15, -0.1) is 24.0 Å². The van der Waals surface area contributed by atoms with E-state index in [0.717, 1.165) is 41.6 Å². The van der Waals surface area contributed by atoms with Crippen molar-refractivity contribution in [3.8, 4) is 11.5 Å². The van der Waals surface area contributed by atoms with Crippen LogP contribution < -0.4 is 14.8 Å². The molecule has 2 rings (SSSR count). The third kappa shape index (κ3) is 7.84. The first-order chi connectivity index (χ1) is 14.4. The van der Waals surface area contributed by atoms with Gasteiger partial charge in [-0.2, -0.15) is 0 Å². The Hall–Kier alpha value is -2.07. The highest BCUT2D eigenvalue weighted by Gasteiger charge is 2.16. The maximum Gasteiger partial charge on any atom is 0.193 e. The smallest absolute Gasteiger partial charge is 0.193 e. The van der Waals surface area contributed by atoms with Gasteiger partial charge in [-0.25, -0.2) is 4.39 Å². The molecule has 31 heavy (non-hydrogen) atoms. The summed E-state index contributed by atoms with van der Waals surface area (Å²) in [6.07, 6.45) is 0.832. The first-order valence-electron chi connectivity index (χ1n) is 9.94. The van der Waals surface area contributed by atoms with Gasteiger partial charge in [0, 0.05) is 27.2 Å². The fourth-order valence-corrected chi connectivity index (χ4v) is 3.32. The number of likely N-dealkylation sites (N-methyl/N-ethyl adjacent to an activating group) is 2. The number of nitrogens with one attached hydrogen (secondary N) is 1. The molecule has 172 valence electrons. The molecule has 0 aliphatic heterocycles. The van der Waals surface area contributed by atoms with E-state index < -0.39 is 0 Å². The van der Waals surface area contributed by atoms with Gasteiger partial charge in [0.1, 0.15) is 5.82 Å². The maximum atomic E-state index is 13.7. The molecule has 0 heterocycles. The third-order valence-electron chi connectivity index (χ3n) is 5.07. The van der Waals surface area contributed by atoms with Crippen molar-refractivity contribution in [3.63, 3.8) is 0 Å². The summed E-state index contributed by atoms with van der Waals surface area (Å²) in [6, 6.07) is 12.7. The highest BCUT2D eigenvalue weighted by atomic mass is 127. The SMILES string of the molecule is CN=C(NCC(c1cccc(F)c1)N(C)C)N(C)CCc1ccc(OC)c(OC)c1.I. The van der Waals surface area contributed by atoms with Crippen LogP contribution in [0.4, 0.5) is 4.39 Å². The van der Waals surface area contributed by atoms with Gasteiger partial charge in [-0.3, -0.25) is 4.99 Å². The van der Waals surface area contributed by atoms with Gasteiger partial charge in [0.05, 0.1) is 20.3 Å². The summed E-state index contributed by atoms with van der Waals surface area (Å²) >= 11 is 0. The summed E-state index contributed by atoms with van der Waals surface area (Å²) in [7, 11) is 11.0. The molecule has 0 aliphatic carbocycles. The van der Waals surface area contributed by atoms with E-state index in [4.69, 9.17) is 9.47 Å². The Morgan fingerprint density at radius 2 is 1.77 bits per heavy atom. The molecule has 8 heteroatoms. The number of rotatable bonds is 9. The summed E-state index contributed by atoms with van der Waals surface area (Å²) in [4.78, 5) is 8.54. The summed E-state index contributed by atoms with van der Waals surface area (Å²) < 4.78 is 24.3. The van der Waals surface area contributed by atoms with Crippen molar-refractivity contribution in [3.05, 3.63) is 59.4 Å². The Bertz CT molecular complexity index is 848. The second kappa shape index (κ2) is 13.4. The van der Waals surface area contributed by atoms with Crippen molar-refractivity contribution in [1.29, 1.82) is 0 Å². The van der Waals surface area contributed by atoms with Crippen molar-refractivity contribution in [1.82, 2.24) is 15.1 Å². The number of hydrogen-bond donors (Lipinski definition) is 1. The van der Waals surface area contributed by atoms with Crippen molar-refractivity contribution >= 4 is 29.9 Å². The van der Waals surface area contributed by atoms with Gasteiger partial charge in [0.2, 0.25) is 0 Å². The number of ether oxygens (including phenoxy) is 2. The van der Waals surface area contributed by atoms with Crippen molar-refractivity contribution in [2.24, 2.45) is 4.99 Å². The third-order valence-corrected chi connectivity index (χ3v) is 5.07. The standard InChI is InChI=1S/C23H33FN4O2.HI/c1-25-23(26-16-20(27(2)3)18-8-7-9-19(24)15-18)28(4)13-12-17-10-11-21(29-5)22(14-17)30-6;/h7-11,14-15,20H,12-13,16H2,1-6H3,(H,25,26);1H. The minimum absolute atomic E-state index is 0. The highest BCUT2D eigenvalue weighted by molar-refractivity contribution is 14.0. The van der Waals surface area contributed by atoms with Crippen molar-refractivity contribution in [2.45, 2.75) is 12.5 Å². The van der Waals surface area contributed by atoms with Crippen LogP contribution in [0.25, 0.3) is 0 Å². The molecule has 0 amide bonds. The predicted molar refractivity (Wildman–Crippen MR) is 135 cm³/mol. The summed E-state index contributed by atoms with van der Waals surface area (Å²) in [6.45, 7) is 1.39. The van der Waals surface area contributed by atoms with E-state index in [-0.39, 0.29) is 35.8 Å². The summed E-state index contributed by atoms with van der Waals surface area (Å²) in [5.74, 6) is 2.01. The summed E-state index contributed by atoms with van der Waals surface area (Å²) in [5.41, 5.74) is 2.08. The Labute approximate surface area is 202 Å². The van der Waals surface area contributed by atoms with Gasteiger partial charge < -0.3 is 24.6 Å². The van der Waals surface area contributed by atoms with Gasteiger partial charge in [0.15, 0.2) is 17.5 Å². The molecule has 0 saturated carbocycles. The largest absolute Gasteiger partial charge is 0.493 e. The molecule has 6 nitrogen and oxygen atoms in total. The Morgan fingerprint density at radius 3 is 2.35 bits per heavy atom. The molecule has 0 fully saturated rings. The number of nitrogens with zero attached hydrogens (tertiary/aromatic N) is 3. The number of hydrogen-bond acceptors (Lipinski definition) is 4. The number of halogens is 2. The van der Waals surface area contributed by atoms with Crippen LogP contribution in [-0.2, 0) is 6.42 Å². The molecular formula is C23H34FIN4O2. The van der Waals surface area contributed by atoms with Crippen LogP contribution >= 0.6 is 24.0 Å². The van der Waals surface area contributed by atoms with E-state index in [2.05, 4.69) is 20.1 Å². The van der Waals surface area contributed by atoms with Crippen LogP contribution in [0.1, 0.15) is 17.2 Å². The van der Waals surface area contributed by atoms with E-state index in [0.29, 0.717) is 6.54 Å². The lowest BCUT2D eigenvalue weighted by Gasteiger charge is -2.28. The molecular weight excluding hydrogens is 510 g/mol. The van der Waals surface area contributed by atoms with E-state index in [9.17, 15) is 4.39 Å². The maximum absolute atomic E-state index is 13.7. The van der Waals surface area contributed by atoms with Crippen LogP contribution in [0.3, 0.4) is 0 Å². The highest BCUT2D eigenvalue weighted by Crippen LogP contribution is 2.27. The van der Waals surface area contributed by atoms with Crippen LogP contribution in [0.2, 0.25) is 0 Å². The van der Waals surface area contributed by atoms with Crippen LogP contribution in [0.5, 0.6) is 11.5 Å². The quantitative estimate of drug-likeness (QED) is 0.296. The van der Waals surface area contributed by atoms with Crippen LogP contribution in [0, 0.1) is 5.82 Å². The second-order valence-corrected chi connectivity index (χ2v) is 7.32. The Balaban J connectivity index is 0.00000480. The molecule has 0 spiro atoms. The van der Waals surface area contributed by atoms with Crippen molar-refractivity contribution < 1.29 is 13.9 Å². The Kier molecular flexibility index (Phi) is 11.6. The molecule has 0 aliphatic rings. The molecule has 0 bridgehead atoms. The minimum Gasteiger partial charge on any atom is -0.493 e. The predicted octanol–water partition coefficient (Wildman–Crippen LogP) is 3.81. The van der Waals surface area contributed by atoms with Gasteiger partial charge >= 0.3 is 0 Å². The topological polar surface area (TPSA) is 49.3 Å². The molecule has 1 N–H and O–H groups in total. The summed E-state index contributed by atoms with van der Waals surface area (Å²) in [5, 5.41) is 3.41. The van der Waals surface area contributed by atoms with Crippen molar-refractivity contribution in [2.75, 3.05) is 55.5 Å². The zero-order valence-electron chi connectivity index (χ0n) is 19.2. The minimum atomic E-state index is -0.226. The fourth-order valence-electron chi connectivity index (χ4n) is 3.32. The van der Waals surface area contributed by atoms with Gasteiger partial charge in [-0.1, -0.05) is 18.2 Å². The molecule has 1 atom stereocenters. The lowest BCUT2D eigenvalue weighted by Crippen LogP contribution is -2.43. The van der Waals surface area contributed by atoms with E-state index in [1.54, 1.807) is 33.4 Å². The van der Waals surface area contributed by atoms with E-state index >= 15 is 0 Å². The number of benzene rings is 2. The molecule has 0 saturated heterocycles.